The Kier molecular flexibility index (Phi) is 33.9. The summed E-state index contributed by atoms with van der Waals surface area (Å²) >= 11 is 10.3. The first kappa shape index (κ1) is 107. The number of H-pyrrole nitrogens is 1. The molecule has 4 saturated carbocycles. The van der Waals surface area contributed by atoms with E-state index in [-0.39, 0.29) is 94.8 Å². The summed E-state index contributed by atoms with van der Waals surface area (Å²) in [7, 11) is -7.56. The number of ether oxygens (including phenoxy) is 4. The van der Waals surface area contributed by atoms with Crippen molar-refractivity contribution in [3.63, 3.8) is 0 Å². The molecule has 3 saturated heterocycles. The van der Waals surface area contributed by atoms with E-state index in [1.54, 1.807) is 53.7 Å². The van der Waals surface area contributed by atoms with Crippen LogP contribution in [0, 0.1) is 23.7 Å². The van der Waals surface area contributed by atoms with Gasteiger partial charge >= 0.3 is 20.3 Å². The van der Waals surface area contributed by atoms with E-state index < -0.39 is 56.8 Å². The Bertz CT molecular complexity index is 6640. The highest BCUT2D eigenvalue weighted by Crippen LogP contribution is 2.52. The van der Waals surface area contributed by atoms with Crippen LogP contribution in [0.15, 0.2) is 216 Å². The van der Waals surface area contributed by atoms with Gasteiger partial charge in [0, 0.05) is 127 Å². The summed E-state index contributed by atoms with van der Waals surface area (Å²) in [5.41, 5.74) is 11.6. The maximum Gasteiger partial charge on any atom is 0.498 e. The van der Waals surface area contributed by atoms with Crippen molar-refractivity contribution < 1.29 is 84.2 Å². The summed E-state index contributed by atoms with van der Waals surface area (Å²) < 4.78 is 86.7. The standard InChI is InChI=1S/C28H31N3O4S.C23H23N3O2.C20H20BrNO2.C14H23BN2O4.C14H16BrNO2.C6H7BO2.C5H9BrO2S/c1-19-9-12-25-26(31(19)28(32)20-10-11-20)14-13-24(27(25)35-23-7-3-2-4-8-23)21-16-29-30(17-21)22-6-5-15-36(33,34)18-22;1-15-7-10-20-21(26(15)23(27)16-8-9-16)12-11-19(17-13-24-25-14-17)22(20)28-18-5-3-2-4-6-18;1-13-7-10-16-18(22(13)20(23)14-8-9-14)12-11-17(21)19(16)24-15-5-3-2-4-6-15;1-12(2,3)19-11(18)17-9-10(8-16-17)15-20-13(4,5)14(6,7)21-15;1-8-2-5-10-12(7-6-11(15)13(10)17)16(8)14(18)9-3-4-9;8-7(9)6-4-2-1-3-5-6;6-5-1-3-9(7,8)4-2-5/h2-4,7-8,13-14,16-17,19-20,22H,5-6,9-12,15,18H2,1H3;2-6,11-16H,7-10H2,1H3,(H,24,25);2-6,11-14H,7-10H2,1H3;8-9H,1-7H3;6-9,17H,2-5H2,1H3;1-5,8-9H;5H,1-4H2/t19-,22?;15-;13-;;8-;;/m000.0../s1. The Morgan fingerprint density at radius 3 is 1.27 bits per heavy atom. The van der Waals surface area contributed by atoms with Crippen molar-refractivity contribution in [1.82, 2.24) is 29.8 Å². The topological polar surface area (TPSA) is 347 Å². The van der Waals surface area contributed by atoms with E-state index >= 15 is 0 Å². The number of para-hydroxylation sites is 3. The number of phenolic OH excluding ortho intramolecular Hbond substituents is 1. The number of carbonyl (C=O) groups excluding carboxylic acids is 5. The van der Waals surface area contributed by atoms with Gasteiger partial charge in [0.25, 0.3) is 0 Å². The molecule has 145 heavy (non-hydrogen) atoms. The molecule has 4 N–H and O–H groups in total. The molecular weight excluding hydrogens is 2070 g/mol. The second-order valence-corrected chi connectivity index (χ2v) is 48.9. The molecule has 1 unspecified atom stereocenters. The number of amides is 4. The van der Waals surface area contributed by atoms with Crippen LogP contribution in [0.1, 0.15) is 207 Å². The maximum atomic E-state index is 13.2. The Morgan fingerprint density at radius 2 is 0.869 bits per heavy atom. The number of fused-ring (bicyclic) bond motifs is 4. The average molecular weight is 2200 g/mol. The minimum absolute atomic E-state index is 0.127. The number of benzene rings is 8. The summed E-state index contributed by atoms with van der Waals surface area (Å²) in [6.45, 7) is 21.8. The van der Waals surface area contributed by atoms with Crippen molar-refractivity contribution in [2.75, 3.05) is 42.6 Å². The number of carbonyl (C=O) groups is 5. The fourth-order valence-electron chi connectivity index (χ4n) is 18.9. The van der Waals surface area contributed by atoms with Gasteiger partial charge in [0.15, 0.2) is 9.84 Å². The summed E-state index contributed by atoms with van der Waals surface area (Å²) in [5, 5.41) is 42.8. The molecule has 10 heterocycles. The minimum Gasteiger partial charge on any atom is -0.506 e. The van der Waals surface area contributed by atoms with E-state index in [9.17, 15) is 45.9 Å². The third kappa shape index (κ3) is 26.5. The molecule has 28 nitrogen and oxygen atoms in total. The Morgan fingerprint density at radius 1 is 0.469 bits per heavy atom. The van der Waals surface area contributed by atoms with E-state index in [1.807, 2.05) is 220 Å². The van der Waals surface area contributed by atoms with Crippen LogP contribution in [-0.2, 0) is 78.6 Å². The lowest BCUT2D eigenvalue weighted by Gasteiger charge is -2.36. The lowest BCUT2D eigenvalue weighted by Crippen LogP contribution is -2.43. The van der Waals surface area contributed by atoms with Gasteiger partial charge in [0.1, 0.15) is 55.7 Å². The zero-order valence-corrected chi connectivity index (χ0v) is 90.4. The van der Waals surface area contributed by atoms with Crippen LogP contribution in [-0.4, -0.2) is 175 Å². The van der Waals surface area contributed by atoms with Crippen LogP contribution in [0.5, 0.6) is 40.2 Å². The summed E-state index contributed by atoms with van der Waals surface area (Å²) in [6.07, 6.45) is 28.2. The van der Waals surface area contributed by atoms with Gasteiger partial charge in [-0.1, -0.05) is 101 Å². The molecule has 3 aromatic heterocycles. The molecule has 0 bridgehead atoms. The molecule has 11 aliphatic rings. The molecule has 0 radical (unpaired) electrons. The first-order chi connectivity index (χ1) is 69.2. The maximum absolute atomic E-state index is 13.2. The Balaban J connectivity index is 0.000000126. The van der Waals surface area contributed by atoms with E-state index in [2.05, 4.69) is 102 Å². The molecule has 7 aliphatic heterocycles. The van der Waals surface area contributed by atoms with Crippen LogP contribution in [0.4, 0.5) is 27.5 Å². The number of sulfone groups is 2. The molecule has 766 valence electrons. The zero-order valence-electron chi connectivity index (χ0n) is 84.0. The number of anilines is 4. The number of hydrogen-bond donors (Lipinski definition) is 4. The number of alkyl halides is 1. The highest BCUT2D eigenvalue weighted by atomic mass is 79.9. The molecule has 7 fully saturated rings. The number of aromatic hydroxyl groups is 1. The van der Waals surface area contributed by atoms with Gasteiger partial charge in [-0.15, -0.1) is 0 Å². The number of phenols is 1. The van der Waals surface area contributed by atoms with Gasteiger partial charge in [-0.05, 0) is 327 Å². The monoisotopic (exact) mass is 2200 g/mol. The van der Waals surface area contributed by atoms with Crippen molar-refractivity contribution >= 4 is 145 Å². The fraction of sp³-hybridized carbons (Fsp3) is 0.436. The molecule has 4 aliphatic carbocycles. The third-order valence-corrected chi connectivity index (χ3v) is 34.0. The van der Waals surface area contributed by atoms with Crippen molar-refractivity contribution in [1.29, 1.82) is 0 Å². The fourth-order valence-corrected chi connectivity index (χ4v) is 23.9. The summed E-state index contributed by atoms with van der Waals surface area (Å²) in [5.74, 6) is 7.88. The van der Waals surface area contributed by atoms with Crippen LogP contribution >= 0.6 is 47.8 Å². The van der Waals surface area contributed by atoms with Gasteiger partial charge in [-0.25, -0.2) is 21.6 Å². The predicted molar refractivity (Wildman–Crippen MR) is 577 cm³/mol. The lowest BCUT2D eigenvalue weighted by atomic mass is 9.81. The molecule has 5 atom stereocenters. The number of halogens is 3. The molecule has 4 amide bonds. The van der Waals surface area contributed by atoms with Crippen LogP contribution in [0.25, 0.3) is 22.3 Å². The predicted octanol–water partition coefficient (Wildman–Crippen LogP) is 21.0. The van der Waals surface area contributed by atoms with Crippen LogP contribution in [0.3, 0.4) is 0 Å². The molecule has 8 aromatic carbocycles. The first-order valence-electron chi connectivity index (χ1n) is 50.5. The number of aromatic amines is 1. The average Bonchev–Trinajstić information content (AvgIpc) is 1.69. The number of rotatable bonds is 15. The minimum atomic E-state index is -3.04. The normalized spacial score (nSPS) is 20.7. The molecule has 35 heteroatoms. The van der Waals surface area contributed by atoms with Crippen LogP contribution in [0.2, 0.25) is 0 Å². The van der Waals surface area contributed by atoms with E-state index in [4.69, 9.17) is 38.3 Å². The van der Waals surface area contributed by atoms with Gasteiger partial charge in [0.2, 0.25) is 23.6 Å². The van der Waals surface area contributed by atoms with Gasteiger partial charge < -0.3 is 63.0 Å². The number of aromatic nitrogens is 6. The molecular formula is C110H129B2Br3N10O18S2. The van der Waals surface area contributed by atoms with Gasteiger partial charge in [-0.3, -0.25) is 29.0 Å². The summed E-state index contributed by atoms with van der Waals surface area (Å²) in [4.78, 5) is 71.6. The second-order valence-electron chi connectivity index (χ2n) is 41.4. The van der Waals surface area contributed by atoms with Crippen molar-refractivity contribution in [2.24, 2.45) is 23.7 Å². The number of hydrogen-bond acceptors (Lipinski definition) is 21. The van der Waals surface area contributed by atoms with Crippen molar-refractivity contribution in [2.45, 2.75) is 256 Å². The van der Waals surface area contributed by atoms with Crippen molar-refractivity contribution in [3.05, 3.63) is 238 Å². The van der Waals surface area contributed by atoms with E-state index in [0.717, 1.165) is 233 Å². The van der Waals surface area contributed by atoms with E-state index in [0.29, 0.717) is 38.2 Å². The number of nitrogens with one attached hydrogen (secondary N) is 1. The zero-order chi connectivity index (χ0) is 103. The quantitative estimate of drug-likeness (QED) is 0.0547. The lowest BCUT2D eigenvalue weighted by molar-refractivity contribution is -0.121. The molecule has 11 aromatic rings. The largest absolute Gasteiger partial charge is 0.506 e. The molecule has 22 rings (SSSR count). The second kappa shape index (κ2) is 45.9. The highest BCUT2D eigenvalue weighted by molar-refractivity contribution is 9.11. The van der Waals surface area contributed by atoms with Gasteiger partial charge in [0.05, 0.1) is 84.3 Å². The number of nitrogens with zero attached hydrogens (tertiary/aromatic N) is 9. The van der Waals surface area contributed by atoms with Crippen molar-refractivity contribution in [3.8, 4) is 62.5 Å². The summed E-state index contributed by atoms with van der Waals surface area (Å²) in [6, 6.07) is 54.6. The Hall–Kier alpha value is -10.8. The highest BCUT2D eigenvalue weighted by Gasteiger charge is 2.53. The van der Waals surface area contributed by atoms with E-state index in [1.165, 1.54) is 0 Å². The smallest absolute Gasteiger partial charge is 0.498 e. The van der Waals surface area contributed by atoms with Crippen LogP contribution < -0.4 is 44.7 Å². The Labute approximate surface area is 875 Å². The molecule has 0 spiro atoms. The SMILES string of the molecule is CC(C)(C)OC(=O)n1cc(B2OC(C)(C)C(C)(C)O2)cn1.C[C@H]1CCc2c(ccc(-c3cn[nH]c3)c2Oc2ccccc2)N1C(=O)C1CC1.C[C@H]1CCc2c(ccc(-c3cnn(C4CCCS(=O)(=O)C4)c3)c2Oc2ccccc2)N1C(=O)C1CC1.C[C@H]1CCc2c(ccc(Br)c2O)N1C(=O)C1CC1.C[C@H]1CCc2c(ccc(Br)c2Oc2ccccc2)N1C(=O)C1CC1.O=S1(=O)CCC(Br)CC1.OB(O)c1ccccc1. The first-order valence-corrected chi connectivity index (χ1v) is 56.6. The van der Waals surface area contributed by atoms with Gasteiger partial charge in [-0.2, -0.15) is 20.0 Å². The third-order valence-electron chi connectivity index (χ3n) is 28.3.